The van der Waals surface area contributed by atoms with Gasteiger partial charge in [-0.2, -0.15) is 13.2 Å². The summed E-state index contributed by atoms with van der Waals surface area (Å²) in [6, 6.07) is -0.238. The first-order chi connectivity index (χ1) is 11.1. The minimum Gasteiger partial charge on any atom is -0.355 e. The number of imidazole rings is 1. The second kappa shape index (κ2) is 5.84. The second-order valence-electron chi connectivity index (χ2n) is 5.62. The van der Waals surface area contributed by atoms with E-state index in [4.69, 9.17) is 0 Å². The SMILES string of the molecule is CS(=O)(=O)NC1CCN(c2nc(C(F)(F)F)nc3nc[nH]c23)CC1. The molecule has 3 heterocycles. The molecule has 1 aliphatic rings. The number of sulfonamides is 1. The lowest BCUT2D eigenvalue weighted by Crippen LogP contribution is -2.44. The van der Waals surface area contributed by atoms with Gasteiger partial charge in [-0.25, -0.2) is 28.1 Å². The Morgan fingerprint density at radius 1 is 1.29 bits per heavy atom. The Labute approximate surface area is 135 Å². The highest BCUT2D eigenvalue weighted by molar-refractivity contribution is 7.88. The van der Waals surface area contributed by atoms with Crippen LogP contribution in [-0.4, -0.2) is 53.7 Å². The third kappa shape index (κ3) is 3.59. The van der Waals surface area contributed by atoms with Crippen molar-refractivity contribution in [3.8, 4) is 0 Å². The van der Waals surface area contributed by atoms with Crippen LogP contribution in [0.1, 0.15) is 18.7 Å². The number of fused-ring (bicyclic) bond motifs is 1. The molecule has 0 spiro atoms. The topological polar surface area (TPSA) is 104 Å². The maximum Gasteiger partial charge on any atom is 0.451 e. The molecule has 2 aromatic rings. The van der Waals surface area contributed by atoms with E-state index in [2.05, 4.69) is 24.7 Å². The van der Waals surface area contributed by atoms with Crippen LogP contribution < -0.4 is 9.62 Å². The first kappa shape index (κ1) is 16.9. The molecular weight excluding hydrogens is 349 g/mol. The molecule has 0 aromatic carbocycles. The Kier molecular flexibility index (Phi) is 4.11. The minimum absolute atomic E-state index is 0.0521. The predicted octanol–water partition coefficient (Wildman–Crippen LogP) is 0.890. The molecule has 2 N–H and O–H groups in total. The predicted molar refractivity (Wildman–Crippen MR) is 79.9 cm³/mol. The number of aromatic nitrogens is 4. The number of nitrogens with zero attached hydrogens (tertiary/aromatic N) is 4. The van der Waals surface area contributed by atoms with E-state index in [0.717, 1.165) is 6.26 Å². The fraction of sp³-hybridized carbons (Fsp3) is 0.583. The van der Waals surface area contributed by atoms with Crippen molar-refractivity contribution in [3.63, 3.8) is 0 Å². The number of halogens is 3. The molecule has 3 rings (SSSR count). The number of aromatic amines is 1. The van der Waals surface area contributed by atoms with E-state index in [9.17, 15) is 21.6 Å². The number of nitrogens with one attached hydrogen (secondary N) is 2. The average Bonchev–Trinajstić information content (AvgIpc) is 2.93. The van der Waals surface area contributed by atoms with Crippen LogP contribution in [0.2, 0.25) is 0 Å². The molecule has 0 saturated carbocycles. The first-order valence-electron chi connectivity index (χ1n) is 7.14. The summed E-state index contributed by atoms with van der Waals surface area (Å²) in [6.07, 6.45) is -1.39. The lowest BCUT2D eigenvalue weighted by molar-refractivity contribution is -0.144. The minimum atomic E-state index is -4.67. The van der Waals surface area contributed by atoms with Crippen LogP contribution in [0.15, 0.2) is 6.33 Å². The fourth-order valence-corrected chi connectivity index (χ4v) is 3.53. The molecule has 132 valence electrons. The zero-order chi connectivity index (χ0) is 17.5. The summed E-state index contributed by atoms with van der Waals surface area (Å²) in [7, 11) is -3.32. The monoisotopic (exact) mass is 364 g/mol. The zero-order valence-electron chi connectivity index (χ0n) is 12.6. The van der Waals surface area contributed by atoms with Crippen LogP contribution >= 0.6 is 0 Å². The molecule has 0 unspecified atom stereocenters. The van der Waals surface area contributed by atoms with Crippen LogP contribution in [-0.2, 0) is 16.2 Å². The van der Waals surface area contributed by atoms with Crippen LogP contribution in [0.4, 0.5) is 19.0 Å². The highest BCUT2D eigenvalue weighted by Crippen LogP contribution is 2.31. The van der Waals surface area contributed by atoms with E-state index in [1.54, 1.807) is 4.90 Å². The van der Waals surface area contributed by atoms with Crippen molar-refractivity contribution in [2.45, 2.75) is 25.1 Å². The molecule has 8 nitrogen and oxygen atoms in total. The van der Waals surface area contributed by atoms with Crippen LogP contribution in [0.5, 0.6) is 0 Å². The molecule has 0 aliphatic carbocycles. The summed E-state index contributed by atoms with van der Waals surface area (Å²) in [6.45, 7) is 0.741. The van der Waals surface area contributed by atoms with Gasteiger partial charge in [0.1, 0.15) is 5.52 Å². The molecule has 1 fully saturated rings. The number of H-pyrrole nitrogens is 1. The smallest absolute Gasteiger partial charge is 0.355 e. The highest BCUT2D eigenvalue weighted by atomic mass is 32.2. The van der Waals surface area contributed by atoms with E-state index >= 15 is 0 Å². The van der Waals surface area contributed by atoms with Crippen molar-refractivity contribution in [2.24, 2.45) is 0 Å². The van der Waals surface area contributed by atoms with Gasteiger partial charge in [-0.3, -0.25) is 0 Å². The van der Waals surface area contributed by atoms with E-state index in [1.165, 1.54) is 6.33 Å². The van der Waals surface area contributed by atoms with Gasteiger partial charge in [0.05, 0.1) is 12.6 Å². The second-order valence-corrected chi connectivity index (χ2v) is 7.40. The van der Waals surface area contributed by atoms with Crippen LogP contribution in [0.25, 0.3) is 11.2 Å². The summed E-state index contributed by atoms with van der Waals surface area (Å²) in [5, 5.41) is 0. The third-order valence-corrected chi connectivity index (χ3v) is 4.46. The lowest BCUT2D eigenvalue weighted by Gasteiger charge is -2.33. The number of rotatable bonds is 3. The summed E-state index contributed by atoms with van der Waals surface area (Å²) in [4.78, 5) is 15.3. The van der Waals surface area contributed by atoms with E-state index < -0.39 is 22.0 Å². The van der Waals surface area contributed by atoms with Crippen molar-refractivity contribution < 1.29 is 21.6 Å². The molecule has 1 aliphatic heterocycles. The zero-order valence-corrected chi connectivity index (χ0v) is 13.4. The lowest BCUT2D eigenvalue weighted by atomic mass is 10.1. The number of alkyl halides is 3. The summed E-state index contributed by atoms with van der Waals surface area (Å²) in [5.41, 5.74) is 0.279. The van der Waals surface area contributed by atoms with Gasteiger partial charge < -0.3 is 9.88 Å². The third-order valence-electron chi connectivity index (χ3n) is 3.70. The van der Waals surface area contributed by atoms with E-state index in [1.807, 2.05) is 0 Å². The standard InChI is InChI=1S/C12H15F3N6O2S/c1-24(22,23)20-7-2-4-21(5-3-7)10-8-9(17-6-16-8)18-11(19-10)12(13,14)15/h6-7,20H,2-5H2,1H3,(H,16,17,18,19). The van der Waals surface area contributed by atoms with E-state index in [-0.39, 0.29) is 17.5 Å². The molecule has 0 amide bonds. The van der Waals surface area contributed by atoms with Gasteiger partial charge in [-0.1, -0.05) is 0 Å². The summed E-state index contributed by atoms with van der Waals surface area (Å²) in [5.74, 6) is -1.11. The van der Waals surface area contributed by atoms with Gasteiger partial charge in [0.25, 0.3) is 0 Å². The largest absolute Gasteiger partial charge is 0.451 e. The summed E-state index contributed by atoms with van der Waals surface area (Å²) < 4.78 is 63.9. The molecule has 2 aromatic heterocycles. The van der Waals surface area contributed by atoms with Gasteiger partial charge in [0.15, 0.2) is 11.5 Å². The van der Waals surface area contributed by atoms with Crippen molar-refractivity contribution in [1.82, 2.24) is 24.7 Å². The number of anilines is 1. The van der Waals surface area contributed by atoms with Gasteiger partial charge in [-0.05, 0) is 12.8 Å². The molecule has 0 radical (unpaired) electrons. The van der Waals surface area contributed by atoms with Crippen molar-refractivity contribution in [1.29, 1.82) is 0 Å². The molecule has 24 heavy (non-hydrogen) atoms. The fourth-order valence-electron chi connectivity index (χ4n) is 2.69. The Hall–Kier alpha value is -1.95. The number of hydrogen-bond donors (Lipinski definition) is 2. The molecule has 0 atom stereocenters. The van der Waals surface area contributed by atoms with Crippen LogP contribution in [0, 0.1) is 0 Å². The maximum atomic E-state index is 13.0. The molecule has 1 saturated heterocycles. The number of hydrogen-bond acceptors (Lipinski definition) is 6. The van der Waals surface area contributed by atoms with Crippen molar-refractivity contribution in [2.75, 3.05) is 24.2 Å². The maximum absolute atomic E-state index is 13.0. The van der Waals surface area contributed by atoms with Gasteiger partial charge in [0, 0.05) is 19.1 Å². The Bertz CT molecular complexity index is 842. The van der Waals surface area contributed by atoms with Crippen molar-refractivity contribution >= 4 is 27.0 Å². The quantitative estimate of drug-likeness (QED) is 0.838. The van der Waals surface area contributed by atoms with Gasteiger partial charge in [0.2, 0.25) is 15.8 Å². The molecule has 0 bridgehead atoms. The van der Waals surface area contributed by atoms with Gasteiger partial charge in [-0.15, -0.1) is 0 Å². The Morgan fingerprint density at radius 3 is 2.54 bits per heavy atom. The molecule has 12 heteroatoms. The van der Waals surface area contributed by atoms with E-state index in [0.29, 0.717) is 31.4 Å². The van der Waals surface area contributed by atoms with Gasteiger partial charge >= 0.3 is 6.18 Å². The highest BCUT2D eigenvalue weighted by Gasteiger charge is 2.37. The Balaban J connectivity index is 1.86. The average molecular weight is 364 g/mol. The molecular formula is C12H15F3N6O2S. The Morgan fingerprint density at radius 2 is 1.96 bits per heavy atom. The van der Waals surface area contributed by atoms with Crippen molar-refractivity contribution in [3.05, 3.63) is 12.2 Å². The summed E-state index contributed by atoms with van der Waals surface area (Å²) >= 11 is 0. The first-order valence-corrected chi connectivity index (χ1v) is 9.03. The number of piperidine rings is 1. The normalized spacial score (nSPS) is 17.6. The van der Waals surface area contributed by atoms with Crippen LogP contribution in [0.3, 0.4) is 0 Å².